The first-order valence-corrected chi connectivity index (χ1v) is 5.98. The van der Waals surface area contributed by atoms with E-state index in [0.717, 1.165) is 11.8 Å². The van der Waals surface area contributed by atoms with Gasteiger partial charge in [0.05, 0.1) is 6.20 Å². The van der Waals surface area contributed by atoms with Crippen LogP contribution in [-0.2, 0) is 6.54 Å². The quantitative estimate of drug-likeness (QED) is 0.897. The lowest BCUT2D eigenvalue weighted by Gasteiger charge is -2.06. The largest absolute Gasteiger partial charge is 0.473 e. The average Bonchev–Trinajstić information content (AvgIpc) is 2.46. The minimum atomic E-state index is -0.410. The van der Waals surface area contributed by atoms with Crippen LogP contribution in [0.3, 0.4) is 0 Å². The second-order valence-electron chi connectivity index (χ2n) is 3.95. The van der Waals surface area contributed by atoms with Crippen molar-refractivity contribution >= 4 is 6.08 Å². The summed E-state index contributed by atoms with van der Waals surface area (Å²) in [5, 5.41) is 0. The summed E-state index contributed by atoms with van der Waals surface area (Å²) < 4.78 is 18.4. The van der Waals surface area contributed by atoms with Crippen LogP contribution in [0.5, 0.6) is 5.88 Å². The van der Waals surface area contributed by atoms with Gasteiger partial charge >= 0.3 is 0 Å². The highest BCUT2D eigenvalue weighted by molar-refractivity contribution is 5.48. The van der Waals surface area contributed by atoms with Gasteiger partial charge in [0.2, 0.25) is 5.88 Å². The van der Waals surface area contributed by atoms with Gasteiger partial charge in [-0.1, -0.05) is 36.4 Å². The highest BCUT2D eigenvalue weighted by atomic mass is 19.1. The van der Waals surface area contributed by atoms with Gasteiger partial charge in [0.25, 0.3) is 0 Å². The predicted octanol–water partition coefficient (Wildman–Crippen LogP) is 2.77. The molecule has 1 aromatic heterocycles. The van der Waals surface area contributed by atoms with Crippen LogP contribution in [0.1, 0.15) is 11.1 Å². The number of benzene rings is 1. The molecular weight excluding hydrogens is 243 g/mol. The third kappa shape index (κ3) is 3.89. The molecule has 0 bridgehead atoms. The van der Waals surface area contributed by atoms with Crippen molar-refractivity contribution in [3.8, 4) is 5.88 Å². The van der Waals surface area contributed by atoms with E-state index in [-0.39, 0.29) is 6.54 Å². The first kappa shape index (κ1) is 13.2. The first-order valence-electron chi connectivity index (χ1n) is 5.98. The zero-order valence-corrected chi connectivity index (χ0v) is 10.4. The van der Waals surface area contributed by atoms with Gasteiger partial charge in [-0.2, -0.15) is 0 Å². The van der Waals surface area contributed by atoms with E-state index in [0.29, 0.717) is 18.1 Å². The summed E-state index contributed by atoms with van der Waals surface area (Å²) in [6.45, 7) is 0.559. The number of hydrogen-bond acceptors (Lipinski definition) is 3. The summed E-state index contributed by atoms with van der Waals surface area (Å²) in [5.41, 5.74) is 7.17. The molecule has 4 heteroatoms. The van der Waals surface area contributed by atoms with Crippen molar-refractivity contribution in [2.75, 3.05) is 6.61 Å². The number of hydrogen-bond donors (Lipinski definition) is 1. The molecule has 2 rings (SSSR count). The molecule has 2 N–H and O–H groups in total. The minimum absolute atomic E-state index is 0.197. The number of ether oxygens (including phenoxy) is 1. The van der Waals surface area contributed by atoms with Crippen LogP contribution >= 0.6 is 0 Å². The molecular formula is C15H15FN2O. The van der Waals surface area contributed by atoms with Crippen molar-refractivity contribution in [3.05, 3.63) is 65.6 Å². The van der Waals surface area contributed by atoms with E-state index in [1.165, 1.54) is 6.07 Å². The van der Waals surface area contributed by atoms with E-state index in [4.69, 9.17) is 10.5 Å². The average molecular weight is 258 g/mol. The third-order valence-electron chi connectivity index (χ3n) is 2.54. The third-order valence-corrected chi connectivity index (χ3v) is 2.54. The van der Waals surface area contributed by atoms with E-state index in [1.807, 2.05) is 42.5 Å². The van der Waals surface area contributed by atoms with Crippen LogP contribution in [0.15, 0.2) is 48.7 Å². The summed E-state index contributed by atoms with van der Waals surface area (Å²) >= 11 is 0. The Morgan fingerprint density at radius 3 is 2.79 bits per heavy atom. The van der Waals surface area contributed by atoms with Crippen LogP contribution in [0.4, 0.5) is 4.39 Å². The van der Waals surface area contributed by atoms with Crippen LogP contribution in [0, 0.1) is 5.82 Å². The molecule has 1 heterocycles. The van der Waals surface area contributed by atoms with Gasteiger partial charge in [0.1, 0.15) is 12.4 Å². The molecule has 19 heavy (non-hydrogen) atoms. The highest BCUT2D eigenvalue weighted by Gasteiger charge is 2.04. The number of aromatic nitrogens is 1. The first-order chi connectivity index (χ1) is 9.29. The van der Waals surface area contributed by atoms with E-state index >= 15 is 0 Å². The Bertz CT molecular complexity index is 555. The summed E-state index contributed by atoms with van der Waals surface area (Å²) in [6.07, 6.45) is 4.95. The number of nitrogens with two attached hydrogens (primary N) is 1. The Labute approximate surface area is 111 Å². The van der Waals surface area contributed by atoms with Crippen LogP contribution in [-0.4, -0.2) is 11.6 Å². The molecule has 0 saturated carbocycles. The molecule has 98 valence electrons. The lowest BCUT2D eigenvalue weighted by Crippen LogP contribution is -2.05. The fourth-order valence-corrected chi connectivity index (χ4v) is 1.62. The molecule has 0 amide bonds. The second-order valence-corrected chi connectivity index (χ2v) is 3.95. The molecule has 0 aliphatic carbocycles. The smallest absolute Gasteiger partial charge is 0.218 e. The van der Waals surface area contributed by atoms with E-state index < -0.39 is 5.82 Å². The second kappa shape index (κ2) is 6.66. The predicted molar refractivity (Wildman–Crippen MR) is 73.1 cm³/mol. The highest BCUT2D eigenvalue weighted by Crippen LogP contribution is 2.15. The summed E-state index contributed by atoms with van der Waals surface area (Å²) in [7, 11) is 0. The zero-order chi connectivity index (χ0) is 13.5. The lowest BCUT2D eigenvalue weighted by atomic mass is 10.2. The summed E-state index contributed by atoms with van der Waals surface area (Å²) in [6, 6.07) is 11.2. The summed E-state index contributed by atoms with van der Waals surface area (Å²) in [4.78, 5) is 3.88. The molecule has 0 atom stereocenters. The fraction of sp³-hybridized carbons (Fsp3) is 0.133. The van der Waals surface area contributed by atoms with Crippen LogP contribution in [0.2, 0.25) is 0 Å². The van der Waals surface area contributed by atoms with Gasteiger partial charge in [-0.15, -0.1) is 0 Å². The number of rotatable bonds is 5. The monoisotopic (exact) mass is 258 g/mol. The van der Waals surface area contributed by atoms with Crippen molar-refractivity contribution in [1.82, 2.24) is 4.98 Å². The van der Waals surface area contributed by atoms with E-state index in [1.54, 1.807) is 0 Å². The maximum absolute atomic E-state index is 13.0. The van der Waals surface area contributed by atoms with Gasteiger partial charge in [-0.3, -0.25) is 0 Å². The van der Waals surface area contributed by atoms with E-state index in [9.17, 15) is 4.39 Å². The van der Waals surface area contributed by atoms with Crippen LogP contribution in [0.25, 0.3) is 6.08 Å². The van der Waals surface area contributed by atoms with Gasteiger partial charge in [0, 0.05) is 12.1 Å². The van der Waals surface area contributed by atoms with Crippen molar-refractivity contribution in [3.63, 3.8) is 0 Å². The maximum atomic E-state index is 13.0. The van der Waals surface area contributed by atoms with Gasteiger partial charge in [0.15, 0.2) is 0 Å². The molecule has 0 unspecified atom stereocenters. The normalized spacial score (nSPS) is 10.8. The van der Waals surface area contributed by atoms with Crippen molar-refractivity contribution in [1.29, 1.82) is 0 Å². The molecule has 0 fully saturated rings. The molecule has 2 aromatic rings. The standard InChI is InChI=1S/C15H15FN2O/c16-14-9-13(10-17)15(18-11-14)19-8-4-7-12-5-2-1-3-6-12/h1-7,9,11H,8,10,17H2/b7-4+. The van der Waals surface area contributed by atoms with Gasteiger partial charge in [-0.25, -0.2) is 9.37 Å². The Morgan fingerprint density at radius 2 is 2.05 bits per heavy atom. The van der Waals surface area contributed by atoms with Gasteiger partial charge in [-0.05, 0) is 17.7 Å². The molecule has 0 aliphatic heterocycles. The molecule has 0 saturated heterocycles. The van der Waals surface area contributed by atoms with Gasteiger partial charge < -0.3 is 10.5 Å². The molecule has 0 radical (unpaired) electrons. The number of halogens is 1. The zero-order valence-electron chi connectivity index (χ0n) is 10.4. The maximum Gasteiger partial charge on any atom is 0.218 e. The number of nitrogens with zero attached hydrogens (tertiary/aromatic N) is 1. The Morgan fingerprint density at radius 1 is 1.26 bits per heavy atom. The number of pyridine rings is 1. The topological polar surface area (TPSA) is 48.1 Å². The van der Waals surface area contributed by atoms with E-state index in [2.05, 4.69) is 4.98 Å². The fourth-order valence-electron chi connectivity index (χ4n) is 1.62. The molecule has 0 spiro atoms. The molecule has 3 nitrogen and oxygen atoms in total. The Balaban J connectivity index is 1.94. The molecule has 1 aromatic carbocycles. The van der Waals surface area contributed by atoms with Crippen LogP contribution < -0.4 is 10.5 Å². The lowest BCUT2D eigenvalue weighted by molar-refractivity contribution is 0.343. The Kier molecular flexibility index (Phi) is 4.64. The van der Waals surface area contributed by atoms with Crippen molar-refractivity contribution in [2.24, 2.45) is 5.73 Å². The SMILES string of the molecule is NCc1cc(F)cnc1OC/C=C/c1ccccc1. The Hall–Kier alpha value is -2.20. The van der Waals surface area contributed by atoms with Crippen molar-refractivity contribution in [2.45, 2.75) is 6.54 Å². The molecule has 0 aliphatic rings. The van der Waals surface area contributed by atoms with Crippen molar-refractivity contribution < 1.29 is 9.13 Å². The minimum Gasteiger partial charge on any atom is -0.473 e. The summed E-state index contributed by atoms with van der Waals surface area (Å²) in [5.74, 6) is -0.0331.